The van der Waals surface area contributed by atoms with Crippen molar-refractivity contribution in [2.75, 3.05) is 37.5 Å². The number of hydrogen-bond donors (Lipinski definition) is 5. The van der Waals surface area contributed by atoms with Crippen molar-refractivity contribution in [2.24, 2.45) is 5.92 Å². The number of hydrogen-bond acceptors (Lipinski definition) is 10. The Morgan fingerprint density at radius 1 is 1.21 bits per heavy atom. The summed E-state index contributed by atoms with van der Waals surface area (Å²) in [7, 11) is 1.62. The van der Waals surface area contributed by atoms with E-state index in [1.165, 1.54) is 0 Å². The first-order chi connectivity index (χ1) is 15.9. The zero-order valence-electron chi connectivity index (χ0n) is 19.1. The number of aryl methyl sites for hydroxylation is 2. The van der Waals surface area contributed by atoms with Crippen LogP contribution in [0.4, 0.5) is 11.8 Å². The van der Waals surface area contributed by atoms with Crippen LogP contribution in [0.2, 0.25) is 0 Å². The maximum absolute atomic E-state index is 10.5. The predicted octanol–water partition coefficient (Wildman–Crippen LogP) is 1.73. The van der Waals surface area contributed by atoms with E-state index in [1.807, 2.05) is 26.0 Å². The molecule has 10 heteroatoms. The third kappa shape index (κ3) is 4.79. The molecule has 5 N–H and O–H groups in total. The Labute approximate surface area is 192 Å². The Morgan fingerprint density at radius 2 is 2.03 bits per heavy atom. The summed E-state index contributed by atoms with van der Waals surface area (Å²) in [5.41, 5.74) is 2.97. The molecule has 33 heavy (non-hydrogen) atoms. The summed E-state index contributed by atoms with van der Waals surface area (Å²) < 4.78 is 11.2. The van der Waals surface area contributed by atoms with Crippen LogP contribution >= 0.6 is 0 Å². The van der Waals surface area contributed by atoms with E-state index in [9.17, 15) is 15.3 Å². The fourth-order valence-corrected chi connectivity index (χ4v) is 4.25. The zero-order valence-corrected chi connectivity index (χ0v) is 19.1. The third-order valence-electron chi connectivity index (χ3n) is 6.11. The SMILES string of the molecule is CCc1cc2cc(-c3c(C)nc(NCCOC)nc3NC3CC(CO)C(O)C3O)oc2cn1. The Bertz CT molecular complexity index is 1100. The number of rotatable bonds is 9. The highest BCUT2D eigenvalue weighted by Gasteiger charge is 2.41. The average Bonchev–Trinajstić information content (AvgIpc) is 3.34. The number of ether oxygens (including phenoxy) is 1. The lowest BCUT2D eigenvalue weighted by molar-refractivity contribution is 0.00446. The normalized spacial score (nSPS) is 22.7. The van der Waals surface area contributed by atoms with Gasteiger partial charge in [-0.2, -0.15) is 4.98 Å². The van der Waals surface area contributed by atoms with Gasteiger partial charge in [0.15, 0.2) is 5.58 Å². The first-order valence-corrected chi connectivity index (χ1v) is 11.2. The molecular weight excluding hydrogens is 426 g/mol. The van der Waals surface area contributed by atoms with Crippen molar-refractivity contribution in [1.29, 1.82) is 0 Å². The Hall–Kier alpha value is -2.79. The van der Waals surface area contributed by atoms with E-state index in [0.717, 1.165) is 17.5 Å². The fraction of sp³-hybridized carbons (Fsp3) is 0.522. The van der Waals surface area contributed by atoms with Crippen molar-refractivity contribution < 1.29 is 24.5 Å². The molecule has 1 saturated carbocycles. The second kappa shape index (κ2) is 10.0. The molecule has 0 amide bonds. The van der Waals surface area contributed by atoms with Crippen LogP contribution in [0.5, 0.6) is 0 Å². The van der Waals surface area contributed by atoms with Gasteiger partial charge in [0.1, 0.15) is 17.7 Å². The van der Waals surface area contributed by atoms with Crippen molar-refractivity contribution in [1.82, 2.24) is 15.0 Å². The molecule has 3 aromatic heterocycles. The molecule has 1 aliphatic carbocycles. The Balaban J connectivity index is 1.74. The monoisotopic (exact) mass is 457 g/mol. The number of methoxy groups -OCH3 is 1. The van der Waals surface area contributed by atoms with Crippen molar-refractivity contribution in [3.8, 4) is 11.3 Å². The molecule has 1 aliphatic rings. The molecule has 3 aromatic rings. The second-order valence-corrected chi connectivity index (χ2v) is 8.36. The number of pyridine rings is 1. The second-order valence-electron chi connectivity index (χ2n) is 8.36. The van der Waals surface area contributed by atoms with Crippen LogP contribution in [0.3, 0.4) is 0 Å². The van der Waals surface area contributed by atoms with E-state index in [4.69, 9.17) is 9.15 Å². The van der Waals surface area contributed by atoms with Crippen LogP contribution in [0.1, 0.15) is 24.7 Å². The van der Waals surface area contributed by atoms with Gasteiger partial charge in [-0.05, 0) is 31.9 Å². The summed E-state index contributed by atoms with van der Waals surface area (Å²) in [6, 6.07) is 3.44. The van der Waals surface area contributed by atoms with Gasteiger partial charge < -0.3 is 35.1 Å². The third-order valence-corrected chi connectivity index (χ3v) is 6.11. The van der Waals surface area contributed by atoms with Crippen molar-refractivity contribution >= 4 is 22.7 Å². The van der Waals surface area contributed by atoms with E-state index < -0.39 is 24.2 Å². The number of fused-ring (bicyclic) bond motifs is 1. The van der Waals surface area contributed by atoms with E-state index in [-0.39, 0.29) is 6.61 Å². The molecule has 0 aromatic carbocycles. The Kier molecular flexibility index (Phi) is 7.08. The van der Waals surface area contributed by atoms with Crippen LogP contribution in [-0.4, -0.2) is 75.4 Å². The molecule has 0 bridgehead atoms. The van der Waals surface area contributed by atoms with E-state index >= 15 is 0 Å². The minimum absolute atomic E-state index is 0.202. The van der Waals surface area contributed by atoms with E-state index in [0.29, 0.717) is 53.9 Å². The lowest BCUT2D eigenvalue weighted by Gasteiger charge is -2.21. The number of aliphatic hydroxyl groups is 3. The van der Waals surface area contributed by atoms with Gasteiger partial charge in [0.2, 0.25) is 5.95 Å². The number of aliphatic hydroxyl groups excluding tert-OH is 3. The molecule has 4 unspecified atom stereocenters. The van der Waals surface area contributed by atoms with Gasteiger partial charge in [0, 0.05) is 37.3 Å². The van der Waals surface area contributed by atoms with E-state index in [2.05, 4.69) is 25.6 Å². The number of anilines is 2. The van der Waals surface area contributed by atoms with Gasteiger partial charge >= 0.3 is 0 Å². The van der Waals surface area contributed by atoms with Crippen molar-refractivity contribution in [3.63, 3.8) is 0 Å². The van der Waals surface area contributed by atoms with Gasteiger partial charge in [-0.1, -0.05) is 6.92 Å². The lowest BCUT2D eigenvalue weighted by atomic mass is 10.1. The van der Waals surface area contributed by atoms with Crippen LogP contribution in [0.15, 0.2) is 22.7 Å². The highest BCUT2D eigenvalue weighted by atomic mass is 16.5. The van der Waals surface area contributed by atoms with Gasteiger partial charge in [-0.15, -0.1) is 0 Å². The molecule has 1 fully saturated rings. The summed E-state index contributed by atoms with van der Waals surface area (Å²) in [6.07, 6.45) is 0.883. The van der Waals surface area contributed by atoms with Crippen LogP contribution in [0, 0.1) is 12.8 Å². The molecule has 10 nitrogen and oxygen atoms in total. The first-order valence-electron chi connectivity index (χ1n) is 11.2. The topological polar surface area (TPSA) is 146 Å². The number of furan rings is 1. The summed E-state index contributed by atoms with van der Waals surface area (Å²) in [5.74, 6) is 1.05. The van der Waals surface area contributed by atoms with Crippen LogP contribution in [-0.2, 0) is 11.2 Å². The van der Waals surface area contributed by atoms with Crippen LogP contribution < -0.4 is 10.6 Å². The summed E-state index contributed by atoms with van der Waals surface area (Å²) >= 11 is 0. The molecule has 0 saturated heterocycles. The van der Waals surface area contributed by atoms with Gasteiger partial charge in [-0.25, -0.2) is 4.98 Å². The zero-order chi connectivity index (χ0) is 23.5. The molecule has 0 aliphatic heterocycles. The number of nitrogens with zero attached hydrogens (tertiary/aromatic N) is 3. The average molecular weight is 458 g/mol. The minimum Gasteiger partial charge on any atom is -0.454 e. The highest BCUT2D eigenvalue weighted by molar-refractivity contribution is 5.86. The summed E-state index contributed by atoms with van der Waals surface area (Å²) in [6.45, 7) is 4.73. The van der Waals surface area contributed by atoms with Crippen molar-refractivity contribution in [2.45, 2.75) is 44.9 Å². The lowest BCUT2D eigenvalue weighted by Crippen LogP contribution is -2.35. The molecule has 178 valence electrons. The first kappa shape index (κ1) is 23.4. The van der Waals surface area contributed by atoms with Crippen molar-refractivity contribution in [3.05, 3.63) is 29.7 Å². The minimum atomic E-state index is -1.04. The number of nitrogens with one attached hydrogen (secondary N) is 2. The predicted molar refractivity (Wildman–Crippen MR) is 124 cm³/mol. The quantitative estimate of drug-likeness (QED) is 0.301. The molecule has 4 atom stereocenters. The standard InChI is InChI=1S/C23H31N5O5/c1-4-15-7-13-9-17(33-18(13)10-25-15)19-12(2)26-23(24-5-6-32-3)28-22(19)27-16-8-14(11-29)20(30)21(16)31/h7,9-10,14,16,20-21,29-31H,4-6,8,11H2,1-3H3,(H2,24,26,27,28). The Morgan fingerprint density at radius 3 is 2.73 bits per heavy atom. The largest absolute Gasteiger partial charge is 0.454 e. The molecule has 0 radical (unpaired) electrons. The summed E-state index contributed by atoms with van der Waals surface area (Å²) in [5, 5.41) is 37.7. The number of aromatic nitrogens is 3. The maximum atomic E-state index is 10.5. The smallest absolute Gasteiger partial charge is 0.224 e. The van der Waals surface area contributed by atoms with Gasteiger partial charge in [0.05, 0.1) is 36.2 Å². The van der Waals surface area contributed by atoms with E-state index in [1.54, 1.807) is 13.3 Å². The summed E-state index contributed by atoms with van der Waals surface area (Å²) in [4.78, 5) is 13.6. The van der Waals surface area contributed by atoms with Gasteiger partial charge in [-0.3, -0.25) is 4.98 Å². The molecule has 0 spiro atoms. The van der Waals surface area contributed by atoms with Gasteiger partial charge in [0.25, 0.3) is 0 Å². The molecule has 4 rings (SSSR count). The maximum Gasteiger partial charge on any atom is 0.224 e. The van der Waals surface area contributed by atoms with Crippen LogP contribution in [0.25, 0.3) is 22.3 Å². The molecule has 3 heterocycles. The highest BCUT2D eigenvalue weighted by Crippen LogP contribution is 2.37. The molecular formula is C23H31N5O5. The fourth-order valence-electron chi connectivity index (χ4n) is 4.25.